The van der Waals surface area contributed by atoms with E-state index in [4.69, 9.17) is 34.6 Å². The van der Waals surface area contributed by atoms with Gasteiger partial charge < -0.3 is 4.74 Å². The van der Waals surface area contributed by atoms with Gasteiger partial charge in [0.05, 0.1) is 5.54 Å². The summed E-state index contributed by atoms with van der Waals surface area (Å²) in [6.07, 6.45) is 0. The molecule has 0 fully saturated rings. The second-order valence-corrected chi connectivity index (χ2v) is 2.32. The average Bonchev–Trinajstić information content (AvgIpc) is 1.98. The Morgan fingerprint density at radius 1 is 1.08 bits per heavy atom. The van der Waals surface area contributed by atoms with Crippen LogP contribution in [0.5, 0.6) is 0 Å². The molecule has 0 spiro atoms. The van der Waals surface area contributed by atoms with E-state index >= 15 is 0 Å². The number of azo groups is 1. The van der Waals surface area contributed by atoms with Gasteiger partial charge in [0, 0.05) is 13.8 Å². The van der Waals surface area contributed by atoms with Crippen molar-refractivity contribution in [2.24, 2.45) is 10.2 Å². The Labute approximate surface area is 79.4 Å². The molecule has 0 aliphatic heterocycles. The number of carbonyl (C=O) groups excluding carboxylic acids is 1. The quantitative estimate of drug-likeness (QED) is 0.466. The van der Waals surface area contributed by atoms with Crippen LogP contribution in [0, 0.1) is 41.7 Å². The van der Waals surface area contributed by atoms with E-state index in [1.54, 1.807) is 0 Å². The molecule has 12 radical (unpaired) electrons. The lowest BCUT2D eigenvalue weighted by molar-refractivity contribution is -0.141. The molecule has 0 aliphatic carbocycles. The molecule has 0 amide bonds. The highest BCUT2D eigenvalue weighted by Gasteiger charge is 2.30. The fourth-order valence-corrected chi connectivity index (χ4v) is 0.305. The fourth-order valence-electron chi connectivity index (χ4n) is 0.305. The van der Waals surface area contributed by atoms with Gasteiger partial charge >= 0.3 is 5.97 Å². The third kappa shape index (κ3) is 4.60. The van der Waals surface area contributed by atoms with E-state index in [9.17, 15) is 4.79 Å². The monoisotopic (exact) mass is 174 g/mol. The number of hydrogen-bond acceptors (Lipinski definition) is 4. The standard InChI is InChI=1S/C9H6N2O2/c1-8(2,3)10-11-9(4,5)7(12)13-6/h1-6H. The van der Waals surface area contributed by atoms with Crippen molar-refractivity contribution < 1.29 is 9.53 Å². The maximum atomic E-state index is 10.7. The highest BCUT2D eigenvalue weighted by molar-refractivity contribution is 5.82. The molecule has 0 atom stereocenters. The Morgan fingerprint density at radius 3 is 1.85 bits per heavy atom. The van der Waals surface area contributed by atoms with Crippen LogP contribution in [0.2, 0.25) is 0 Å². The first-order valence-electron chi connectivity index (χ1n) is 2.98. The largest absolute Gasteiger partial charge is 0.452 e. The molecule has 0 saturated carbocycles. The molecule has 13 heavy (non-hydrogen) atoms. The van der Waals surface area contributed by atoms with Crippen molar-refractivity contribution in [3.63, 3.8) is 0 Å². The summed E-state index contributed by atoms with van der Waals surface area (Å²) >= 11 is 0. The lowest BCUT2D eigenvalue weighted by Crippen LogP contribution is -2.31. The highest BCUT2D eigenvalue weighted by Crippen LogP contribution is 2.14. The first-order valence-corrected chi connectivity index (χ1v) is 2.98. The molecule has 0 aromatic heterocycles. The summed E-state index contributed by atoms with van der Waals surface area (Å²) in [5.74, 6) is -1.21. The molecular formula is C9H6N2O2. The van der Waals surface area contributed by atoms with Gasteiger partial charge in [-0.2, -0.15) is 10.2 Å². The first-order chi connectivity index (χ1) is 5.69. The van der Waals surface area contributed by atoms with Crippen LogP contribution in [0.3, 0.4) is 0 Å². The highest BCUT2D eigenvalue weighted by atomic mass is 16.5. The Kier molecular flexibility index (Phi) is 3.58. The summed E-state index contributed by atoms with van der Waals surface area (Å²) in [5, 5.41) is 6.10. The van der Waals surface area contributed by atoms with E-state index < -0.39 is 17.0 Å². The average molecular weight is 174 g/mol. The van der Waals surface area contributed by atoms with Gasteiger partial charge in [-0.25, -0.2) is 4.79 Å². The van der Waals surface area contributed by atoms with Gasteiger partial charge in [-0.05, 0) is 20.8 Å². The third-order valence-corrected chi connectivity index (χ3v) is 0.823. The summed E-state index contributed by atoms with van der Waals surface area (Å²) < 4.78 is 3.72. The second kappa shape index (κ2) is 3.85. The second-order valence-electron chi connectivity index (χ2n) is 2.32. The molecule has 4 heteroatoms. The summed E-state index contributed by atoms with van der Waals surface area (Å²) in [6.45, 7) is 25.1. The molecular weight excluding hydrogens is 168 g/mol. The number of hydrogen-bond donors (Lipinski definition) is 0. The van der Waals surface area contributed by atoms with E-state index in [1.807, 2.05) is 0 Å². The van der Waals surface area contributed by atoms with Crippen LogP contribution in [0.25, 0.3) is 0 Å². The summed E-state index contributed by atoms with van der Waals surface area (Å²) in [7, 11) is 4.49. The van der Waals surface area contributed by atoms with Gasteiger partial charge in [-0.3, -0.25) is 0 Å². The van der Waals surface area contributed by atoms with Gasteiger partial charge in [0.25, 0.3) is 0 Å². The van der Waals surface area contributed by atoms with Crippen molar-refractivity contribution in [2.75, 3.05) is 0 Å². The maximum absolute atomic E-state index is 10.7. The normalized spacial score (nSPS) is 13.4. The zero-order chi connectivity index (χ0) is 10.7. The van der Waals surface area contributed by atoms with Crippen molar-refractivity contribution in [1.82, 2.24) is 0 Å². The molecule has 0 saturated heterocycles. The van der Waals surface area contributed by atoms with Crippen molar-refractivity contribution >= 4 is 5.97 Å². The van der Waals surface area contributed by atoms with Crippen molar-refractivity contribution in [1.29, 1.82) is 0 Å². The molecule has 0 unspecified atom stereocenters. The maximum Gasteiger partial charge on any atom is 0.337 e. The third-order valence-electron chi connectivity index (χ3n) is 0.823. The van der Waals surface area contributed by atoms with Crippen LogP contribution in [0.15, 0.2) is 10.2 Å². The molecule has 0 rings (SSSR count). The number of nitrogens with zero attached hydrogens (tertiary/aromatic N) is 2. The minimum Gasteiger partial charge on any atom is -0.452 e. The van der Waals surface area contributed by atoms with Gasteiger partial charge in [0.15, 0.2) is 12.6 Å². The Hall–Kier alpha value is -0.930. The number of carbonyl (C=O) groups is 1. The summed E-state index contributed by atoms with van der Waals surface area (Å²) in [4.78, 5) is 10.7. The summed E-state index contributed by atoms with van der Waals surface area (Å²) in [5.41, 5.74) is -4.21. The predicted octanol–water partition coefficient (Wildman–Crippen LogP) is 0.683. The lowest BCUT2D eigenvalue weighted by atomic mass is 10.1. The van der Waals surface area contributed by atoms with Crippen LogP contribution in [-0.2, 0) is 9.53 Å². The number of ether oxygens (including phenoxy) is 1. The number of esters is 1. The van der Waals surface area contributed by atoms with E-state index in [1.165, 1.54) is 0 Å². The Bertz CT molecular complexity index is 214. The molecule has 0 aromatic carbocycles. The molecule has 0 heterocycles. The predicted molar refractivity (Wildman–Crippen MR) is 42.2 cm³/mol. The van der Waals surface area contributed by atoms with Crippen LogP contribution < -0.4 is 0 Å². The minimum atomic E-state index is -2.25. The van der Waals surface area contributed by atoms with Crippen LogP contribution in [0.4, 0.5) is 0 Å². The molecule has 0 N–H and O–H groups in total. The van der Waals surface area contributed by atoms with Gasteiger partial charge in [0.2, 0.25) is 0 Å². The van der Waals surface area contributed by atoms with E-state index in [2.05, 4.69) is 22.1 Å². The van der Waals surface area contributed by atoms with Crippen molar-refractivity contribution in [3.8, 4) is 0 Å². The van der Waals surface area contributed by atoms with Crippen LogP contribution >= 0.6 is 0 Å². The topological polar surface area (TPSA) is 51.0 Å². The fraction of sp³-hybridized carbons (Fsp3) is 0.222. The van der Waals surface area contributed by atoms with Crippen molar-refractivity contribution in [2.45, 2.75) is 11.1 Å². The summed E-state index contributed by atoms with van der Waals surface area (Å²) in [6, 6.07) is 0. The Balaban J connectivity index is 4.51. The molecule has 0 bridgehead atoms. The van der Waals surface area contributed by atoms with Gasteiger partial charge in [-0.15, -0.1) is 0 Å². The van der Waals surface area contributed by atoms with Gasteiger partial charge in [0.1, 0.15) is 0 Å². The number of rotatable bonds is 3. The van der Waals surface area contributed by atoms with Crippen LogP contribution in [-0.4, -0.2) is 17.0 Å². The van der Waals surface area contributed by atoms with E-state index in [0.717, 1.165) is 0 Å². The smallest absolute Gasteiger partial charge is 0.337 e. The zero-order valence-corrected chi connectivity index (χ0v) is 6.68. The lowest BCUT2D eigenvalue weighted by Gasteiger charge is -2.16. The van der Waals surface area contributed by atoms with E-state index in [0.29, 0.717) is 0 Å². The SMILES string of the molecule is [CH]OC(=O)C([CH])([CH])N=NC([CH])([CH])[CH]. The van der Waals surface area contributed by atoms with Gasteiger partial charge in [-0.1, -0.05) is 0 Å². The molecule has 0 aliphatic rings. The Morgan fingerprint density at radius 2 is 1.54 bits per heavy atom. The van der Waals surface area contributed by atoms with Crippen LogP contribution in [0.1, 0.15) is 0 Å². The minimum absolute atomic E-state index is 1.21. The zero-order valence-electron chi connectivity index (χ0n) is 6.68. The molecule has 0 aromatic rings. The van der Waals surface area contributed by atoms with E-state index in [-0.39, 0.29) is 0 Å². The molecule has 4 nitrogen and oxygen atoms in total. The molecule has 64 valence electrons. The first kappa shape index (κ1) is 12.1. The van der Waals surface area contributed by atoms with Crippen molar-refractivity contribution in [3.05, 3.63) is 41.7 Å².